The molecule has 0 saturated heterocycles. The van der Waals surface area contributed by atoms with Gasteiger partial charge in [-0.2, -0.15) is 0 Å². The van der Waals surface area contributed by atoms with Gasteiger partial charge in [0.25, 0.3) is 0 Å². The molecule has 1 atom stereocenters. The van der Waals surface area contributed by atoms with Crippen LogP contribution < -0.4 is 4.72 Å². The van der Waals surface area contributed by atoms with Crippen molar-refractivity contribution in [3.8, 4) is 0 Å². The normalized spacial score (nSPS) is 12.8. The summed E-state index contributed by atoms with van der Waals surface area (Å²) >= 11 is 6.85. The van der Waals surface area contributed by atoms with Crippen LogP contribution in [-0.4, -0.2) is 33.1 Å². The minimum absolute atomic E-state index is 0.00642. The first kappa shape index (κ1) is 18.9. The van der Waals surface area contributed by atoms with E-state index in [1.54, 1.807) is 24.3 Å². The maximum atomic E-state index is 12.3. The van der Waals surface area contributed by atoms with Gasteiger partial charge in [-0.15, -0.1) is 11.3 Å². The van der Waals surface area contributed by atoms with Crippen LogP contribution in [0.3, 0.4) is 0 Å². The lowest BCUT2D eigenvalue weighted by atomic mass is 10.1. The Morgan fingerprint density at radius 1 is 1.42 bits per heavy atom. The number of hydrogen-bond acceptors (Lipinski definition) is 6. The van der Waals surface area contributed by atoms with Crippen LogP contribution in [0.25, 0.3) is 0 Å². The van der Waals surface area contributed by atoms with Crippen molar-refractivity contribution in [1.82, 2.24) is 4.72 Å². The van der Waals surface area contributed by atoms with Crippen LogP contribution >= 0.6 is 22.9 Å². The smallest absolute Gasteiger partial charge is 0.349 e. The molecule has 130 valence electrons. The molecule has 2 N–H and O–H groups in total. The van der Waals surface area contributed by atoms with Crippen molar-refractivity contribution in [3.05, 3.63) is 51.2 Å². The number of aliphatic hydroxyl groups is 1. The Hall–Kier alpha value is -1.45. The zero-order valence-electron chi connectivity index (χ0n) is 12.7. The number of nitrogens with one attached hydrogen (secondary N) is 1. The lowest BCUT2D eigenvalue weighted by molar-refractivity contribution is 0.0602. The third-order valence-electron chi connectivity index (χ3n) is 3.23. The fraction of sp³-hybridized carbons (Fsp3) is 0.267. The first-order chi connectivity index (χ1) is 11.3. The Balaban J connectivity index is 2.01. The van der Waals surface area contributed by atoms with Gasteiger partial charge in [0.15, 0.2) is 0 Å². The Morgan fingerprint density at radius 3 is 2.83 bits per heavy atom. The van der Waals surface area contributed by atoms with Crippen molar-refractivity contribution >= 4 is 38.9 Å². The second kappa shape index (κ2) is 8.09. The van der Waals surface area contributed by atoms with Crippen LogP contribution in [0.2, 0.25) is 5.02 Å². The van der Waals surface area contributed by atoms with Gasteiger partial charge in [0.1, 0.15) is 9.77 Å². The summed E-state index contributed by atoms with van der Waals surface area (Å²) in [5.41, 5.74) is 0.604. The van der Waals surface area contributed by atoms with E-state index in [4.69, 9.17) is 11.6 Å². The van der Waals surface area contributed by atoms with Crippen molar-refractivity contribution in [3.63, 3.8) is 0 Å². The standard InChI is InChI=1S/C15H16ClNO5S2/c1-22-15(19)14-13(6-8-23-14)24(20,21)17-7-5-12(18)10-3-2-4-11(16)9-10/h2-4,6,8-9,12,17-18H,5,7H2,1H3/t12-/m0/s1. The lowest BCUT2D eigenvalue weighted by Gasteiger charge is -2.12. The average molecular weight is 390 g/mol. The molecule has 2 aromatic rings. The molecule has 24 heavy (non-hydrogen) atoms. The summed E-state index contributed by atoms with van der Waals surface area (Å²) in [6.07, 6.45) is -0.689. The second-order valence-corrected chi connectivity index (χ2v) is 7.95. The first-order valence-electron chi connectivity index (χ1n) is 6.94. The highest BCUT2D eigenvalue weighted by Crippen LogP contribution is 2.23. The zero-order chi connectivity index (χ0) is 17.7. The van der Waals surface area contributed by atoms with Crippen molar-refractivity contribution in [2.45, 2.75) is 17.4 Å². The molecular weight excluding hydrogens is 374 g/mol. The Labute approximate surface area is 149 Å². The van der Waals surface area contributed by atoms with Crippen LogP contribution in [0.1, 0.15) is 27.8 Å². The molecule has 0 saturated carbocycles. The van der Waals surface area contributed by atoms with Crippen LogP contribution in [0.4, 0.5) is 0 Å². The minimum Gasteiger partial charge on any atom is -0.465 e. The van der Waals surface area contributed by atoms with Crippen LogP contribution in [0.15, 0.2) is 40.6 Å². The topological polar surface area (TPSA) is 92.7 Å². The van der Waals surface area contributed by atoms with Gasteiger partial charge in [-0.1, -0.05) is 23.7 Å². The number of benzene rings is 1. The monoisotopic (exact) mass is 389 g/mol. The number of halogens is 1. The number of carbonyl (C=O) groups excluding carboxylic acids is 1. The molecule has 0 aliphatic carbocycles. The minimum atomic E-state index is -3.87. The van der Waals surface area contributed by atoms with E-state index in [2.05, 4.69) is 9.46 Å². The average Bonchev–Trinajstić information content (AvgIpc) is 3.04. The van der Waals surface area contributed by atoms with Gasteiger partial charge < -0.3 is 9.84 Å². The zero-order valence-corrected chi connectivity index (χ0v) is 15.1. The molecule has 0 aliphatic rings. The van der Waals surface area contributed by atoms with Crippen molar-refractivity contribution in [2.24, 2.45) is 0 Å². The van der Waals surface area contributed by atoms with E-state index >= 15 is 0 Å². The Bertz CT molecular complexity index is 819. The highest BCUT2D eigenvalue weighted by Gasteiger charge is 2.24. The van der Waals surface area contributed by atoms with E-state index < -0.39 is 22.1 Å². The molecule has 0 aliphatic heterocycles. The number of rotatable bonds is 7. The lowest BCUT2D eigenvalue weighted by Crippen LogP contribution is -2.27. The molecule has 0 fully saturated rings. The number of thiophene rings is 1. The van der Waals surface area contributed by atoms with E-state index in [1.807, 2.05) is 0 Å². The molecule has 0 unspecified atom stereocenters. The molecule has 0 amide bonds. The molecule has 0 radical (unpaired) electrons. The predicted molar refractivity (Wildman–Crippen MR) is 91.9 cm³/mol. The van der Waals surface area contributed by atoms with Gasteiger partial charge in [0.05, 0.1) is 13.2 Å². The molecule has 6 nitrogen and oxygen atoms in total. The number of ether oxygens (including phenoxy) is 1. The summed E-state index contributed by atoms with van der Waals surface area (Å²) in [7, 11) is -2.68. The fourth-order valence-electron chi connectivity index (χ4n) is 2.04. The maximum absolute atomic E-state index is 12.3. The van der Waals surface area contributed by atoms with E-state index in [0.717, 1.165) is 11.3 Å². The maximum Gasteiger partial charge on any atom is 0.349 e. The molecule has 9 heteroatoms. The van der Waals surface area contributed by atoms with E-state index in [-0.39, 0.29) is 22.7 Å². The molecule has 0 spiro atoms. The largest absolute Gasteiger partial charge is 0.465 e. The molecule has 1 aromatic heterocycles. The van der Waals surface area contributed by atoms with Crippen LogP contribution in [0, 0.1) is 0 Å². The van der Waals surface area contributed by atoms with Gasteiger partial charge in [-0.05, 0) is 35.6 Å². The summed E-state index contributed by atoms with van der Waals surface area (Å²) in [5.74, 6) is -0.704. The molecule has 2 rings (SSSR count). The van der Waals surface area contributed by atoms with E-state index in [9.17, 15) is 18.3 Å². The molecule has 0 bridgehead atoms. The Morgan fingerprint density at radius 2 is 2.17 bits per heavy atom. The van der Waals surface area contributed by atoms with Gasteiger partial charge in [-0.3, -0.25) is 0 Å². The summed E-state index contributed by atoms with van der Waals surface area (Å²) in [6.45, 7) is 0.00642. The third kappa shape index (κ3) is 4.55. The fourth-order valence-corrected chi connectivity index (χ4v) is 4.62. The highest BCUT2D eigenvalue weighted by atomic mass is 35.5. The van der Waals surface area contributed by atoms with Crippen molar-refractivity contribution in [1.29, 1.82) is 0 Å². The van der Waals surface area contributed by atoms with Crippen molar-refractivity contribution < 1.29 is 23.1 Å². The van der Waals surface area contributed by atoms with E-state index in [1.165, 1.54) is 18.6 Å². The first-order valence-corrected chi connectivity index (χ1v) is 9.68. The van der Waals surface area contributed by atoms with Gasteiger partial charge in [0.2, 0.25) is 10.0 Å². The number of methoxy groups -OCH3 is 1. The summed E-state index contributed by atoms with van der Waals surface area (Å²) in [6, 6.07) is 8.06. The predicted octanol–water partition coefficient (Wildman–Crippen LogP) is 2.59. The summed E-state index contributed by atoms with van der Waals surface area (Å²) < 4.78 is 31.5. The van der Waals surface area contributed by atoms with Crippen LogP contribution in [0.5, 0.6) is 0 Å². The molecule has 1 heterocycles. The van der Waals surface area contributed by atoms with E-state index in [0.29, 0.717) is 10.6 Å². The number of sulfonamides is 1. The van der Waals surface area contributed by atoms with Crippen molar-refractivity contribution in [2.75, 3.05) is 13.7 Å². The number of esters is 1. The number of carbonyl (C=O) groups is 1. The van der Waals surface area contributed by atoms with Gasteiger partial charge >= 0.3 is 5.97 Å². The quantitative estimate of drug-likeness (QED) is 0.710. The third-order valence-corrected chi connectivity index (χ3v) is 5.99. The number of aliphatic hydroxyl groups excluding tert-OH is 1. The molecular formula is C15H16ClNO5S2. The second-order valence-electron chi connectivity index (χ2n) is 4.86. The van der Waals surface area contributed by atoms with Gasteiger partial charge in [-0.25, -0.2) is 17.9 Å². The highest BCUT2D eigenvalue weighted by molar-refractivity contribution is 7.89. The number of hydrogen-bond donors (Lipinski definition) is 2. The van der Waals surface area contributed by atoms with Gasteiger partial charge in [0, 0.05) is 11.6 Å². The summed E-state index contributed by atoms with van der Waals surface area (Å²) in [4.78, 5) is 11.5. The Kier molecular flexibility index (Phi) is 6.36. The summed E-state index contributed by atoms with van der Waals surface area (Å²) in [5, 5.41) is 12.1. The SMILES string of the molecule is COC(=O)c1sccc1S(=O)(=O)NCC[C@H](O)c1cccc(Cl)c1. The molecule has 1 aromatic carbocycles. The van der Waals surface area contributed by atoms with Crippen LogP contribution in [-0.2, 0) is 14.8 Å².